The normalized spacial score (nSPS) is 16.7. The Balaban J connectivity index is 1.74. The summed E-state index contributed by atoms with van der Waals surface area (Å²) in [5, 5.41) is 13.8. The van der Waals surface area contributed by atoms with Crippen LogP contribution in [0, 0.1) is 0 Å². The Bertz CT molecular complexity index is 1330. The molecule has 4 rings (SSSR count). The number of hydrogen-bond donors (Lipinski definition) is 1. The molecule has 0 spiro atoms. The number of imidazole rings is 1. The van der Waals surface area contributed by atoms with E-state index in [4.69, 9.17) is 21.1 Å². The highest BCUT2D eigenvalue weighted by atomic mass is 35.5. The standard InChI is InChI=1S/C27H26ClN3O6/c1-3-37-21-10-9-19(15-20(21)28)24(32)22-23(17-5-7-18(8-6-17)27(35)36-2)31(26(34)25(22)33)13-4-12-30-14-11-29-16-30/h5-11,14-16,23H,3-4,12-13H2,1-2H3,(H,32,33). The minimum Gasteiger partial charge on any atom is -0.872 e. The van der Waals surface area contributed by atoms with Crippen molar-refractivity contribution >= 4 is 35.0 Å². The van der Waals surface area contributed by atoms with Gasteiger partial charge in [-0.2, -0.15) is 0 Å². The molecule has 0 radical (unpaired) electrons. The number of H-pyrrole nitrogens is 1. The number of carbonyl (C=O) groups excluding carboxylic acids is 3. The Labute approximate surface area is 218 Å². The number of likely N-dealkylation sites (tertiary alicyclic amines) is 1. The van der Waals surface area contributed by atoms with Gasteiger partial charge in [-0.15, -0.1) is 0 Å². The Hall–Kier alpha value is -4.11. The molecular weight excluding hydrogens is 498 g/mol. The van der Waals surface area contributed by atoms with Crippen molar-refractivity contribution in [3.63, 3.8) is 0 Å². The van der Waals surface area contributed by atoms with Gasteiger partial charge in [0.05, 0.1) is 36.9 Å². The molecule has 1 aliphatic rings. The van der Waals surface area contributed by atoms with E-state index in [2.05, 4.69) is 4.98 Å². The minimum atomic E-state index is -0.916. The first-order valence-electron chi connectivity index (χ1n) is 11.7. The number of aromatic amines is 1. The summed E-state index contributed by atoms with van der Waals surface area (Å²) in [6.07, 6.45) is 5.98. The molecular formula is C27H26ClN3O6. The van der Waals surface area contributed by atoms with Crippen LogP contribution in [0.1, 0.15) is 40.9 Å². The van der Waals surface area contributed by atoms with Crippen molar-refractivity contribution in [1.82, 2.24) is 9.88 Å². The van der Waals surface area contributed by atoms with Gasteiger partial charge >= 0.3 is 5.97 Å². The molecule has 1 fully saturated rings. The van der Waals surface area contributed by atoms with Crippen molar-refractivity contribution < 1.29 is 33.5 Å². The number of halogens is 1. The zero-order chi connectivity index (χ0) is 26.5. The second kappa shape index (κ2) is 11.3. The number of aromatic nitrogens is 2. The maximum absolute atomic E-state index is 13.6. The number of benzene rings is 2. The number of esters is 1. The third-order valence-corrected chi connectivity index (χ3v) is 6.38. The van der Waals surface area contributed by atoms with Gasteiger partial charge in [0.1, 0.15) is 18.1 Å². The van der Waals surface area contributed by atoms with Crippen molar-refractivity contribution in [1.29, 1.82) is 0 Å². The van der Waals surface area contributed by atoms with Gasteiger partial charge in [-0.1, -0.05) is 35.6 Å². The van der Waals surface area contributed by atoms with Crippen LogP contribution in [0.4, 0.5) is 0 Å². The van der Waals surface area contributed by atoms with Crippen LogP contribution < -0.4 is 14.4 Å². The van der Waals surface area contributed by atoms with Crippen molar-refractivity contribution in [2.75, 3.05) is 20.3 Å². The number of ether oxygens (including phenoxy) is 2. The maximum atomic E-state index is 13.6. The predicted octanol–water partition coefficient (Wildman–Crippen LogP) is 2.46. The molecule has 1 amide bonds. The predicted molar refractivity (Wildman–Crippen MR) is 132 cm³/mol. The number of methoxy groups -OCH3 is 1. The Kier molecular flexibility index (Phi) is 7.93. The van der Waals surface area contributed by atoms with Crippen LogP contribution in [-0.4, -0.2) is 47.8 Å². The SMILES string of the molecule is CCOc1ccc(/C([O-])=C2\C(=O)C(=O)N(CCC[n+]3cc[nH]c3)C2c2ccc(C(=O)OC)cc2)cc1Cl. The lowest BCUT2D eigenvalue weighted by molar-refractivity contribution is -0.695. The first kappa shape index (κ1) is 26.0. The third-order valence-electron chi connectivity index (χ3n) is 6.09. The molecule has 3 aromatic rings. The number of amides is 1. The van der Waals surface area contributed by atoms with Crippen LogP contribution in [0.25, 0.3) is 5.76 Å². The molecule has 0 aliphatic carbocycles. The maximum Gasteiger partial charge on any atom is 0.337 e. The molecule has 1 atom stereocenters. The number of rotatable bonds is 9. The number of hydrogen-bond acceptors (Lipinski definition) is 6. The van der Waals surface area contributed by atoms with E-state index in [-0.39, 0.29) is 22.7 Å². The van der Waals surface area contributed by atoms with Crippen LogP contribution in [0.3, 0.4) is 0 Å². The highest BCUT2D eigenvalue weighted by Gasteiger charge is 2.44. The Morgan fingerprint density at radius 3 is 2.51 bits per heavy atom. The molecule has 0 bridgehead atoms. The van der Waals surface area contributed by atoms with Crippen LogP contribution in [-0.2, 0) is 20.9 Å². The van der Waals surface area contributed by atoms with E-state index in [1.54, 1.807) is 30.7 Å². The van der Waals surface area contributed by atoms with Gasteiger partial charge in [0.2, 0.25) is 12.1 Å². The molecule has 2 heterocycles. The third kappa shape index (κ3) is 5.36. The highest BCUT2D eigenvalue weighted by Crippen LogP contribution is 2.39. The molecule has 0 saturated carbocycles. The van der Waals surface area contributed by atoms with E-state index in [0.29, 0.717) is 36.4 Å². The summed E-state index contributed by atoms with van der Waals surface area (Å²) in [7, 11) is 1.28. The first-order chi connectivity index (χ1) is 17.8. The summed E-state index contributed by atoms with van der Waals surface area (Å²) in [4.78, 5) is 42.6. The highest BCUT2D eigenvalue weighted by molar-refractivity contribution is 6.46. The number of nitrogens with one attached hydrogen (secondary N) is 1. The van der Waals surface area contributed by atoms with E-state index >= 15 is 0 Å². The van der Waals surface area contributed by atoms with Gasteiger partial charge < -0.3 is 19.5 Å². The quantitative estimate of drug-likeness (QED) is 0.151. The molecule has 2 aromatic carbocycles. The van der Waals surface area contributed by atoms with E-state index in [0.717, 1.165) is 0 Å². The van der Waals surface area contributed by atoms with E-state index in [1.807, 2.05) is 17.7 Å². The van der Waals surface area contributed by atoms with Crippen molar-refractivity contribution in [3.05, 3.63) is 88.5 Å². The monoisotopic (exact) mass is 523 g/mol. The van der Waals surface area contributed by atoms with Gasteiger partial charge in [-0.3, -0.25) is 14.6 Å². The molecule has 1 unspecified atom stereocenters. The van der Waals surface area contributed by atoms with Crippen LogP contribution in [0.5, 0.6) is 5.75 Å². The van der Waals surface area contributed by atoms with Crippen molar-refractivity contribution in [2.45, 2.75) is 25.9 Å². The summed E-state index contributed by atoms with van der Waals surface area (Å²) in [6, 6.07) is 9.92. The lowest BCUT2D eigenvalue weighted by atomic mass is 9.94. The molecule has 1 N–H and O–H groups in total. The average Bonchev–Trinajstić information content (AvgIpc) is 3.51. The Morgan fingerprint density at radius 2 is 1.89 bits per heavy atom. The van der Waals surface area contributed by atoms with Gasteiger partial charge in [-0.25, -0.2) is 9.36 Å². The van der Waals surface area contributed by atoms with Crippen molar-refractivity contribution in [3.8, 4) is 5.75 Å². The summed E-state index contributed by atoms with van der Waals surface area (Å²) in [5.41, 5.74) is 0.848. The lowest BCUT2D eigenvalue weighted by Gasteiger charge is -2.27. The zero-order valence-electron chi connectivity index (χ0n) is 20.4. The molecule has 1 saturated heterocycles. The Morgan fingerprint density at radius 1 is 1.16 bits per heavy atom. The number of ketones is 1. The van der Waals surface area contributed by atoms with Gasteiger partial charge in [0.25, 0.3) is 5.91 Å². The number of aryl methyl sites for hydroxylation is 1. The number of Topliss-reactive ketones (excluding diaryl/α,β-unsaturated/α-hetero) is 1. The van der Waals surface area contributed by atoms with Gasteiger partial charge in [0, 0.05) is 18.5 Å². The average molecular weight is 524 g/mol. The fraction of sp³-hybridized carbons (Fsp3) is 0.259. The van der Waals surface area contributed by atoms with Crippen molar-refractivity contribution in [2.24, 2.45) is 0 Å². The fourth-order valence-electron chi connectivity index (χ4n) is 4.32. The molecule has 10 heteroatoms. The molecule has 9 nitrogen and oxygen atoms in total. The zero-order valence-corrected chi connectivity index (χ0v) is 21.2. The smallest absolute Gasteiger partial charge is 0.337 e. The first-order valence-corrected chi connectivity index (χ1v) is 12.1. The summed E-state index contributed by atoms with van der Waals surface area (Å²) >= 11 is 6.29. The largest absolute Gasteiger partial charge is 0.872 e. The number of carbonyl (C=O) groups is 3. The second-order valence-electron chi connectivity index (χ2n) is 8.37. The summed E-state index contributed by atoms with van der Waals surface area (Å²) in [6.45, 7) is 3.06. The lowest BCUT2D eigenvalue weighted by Crippen LogP contribution is -2.36. The van der Waals surface area contributed by atoms with Crippen LogP contribution >= 0.6 is 11.6 Å². The number of nitrogens with zero attached hydrogens (tertiary/aromatic N) is 2. The van der Waals surface area contributed by atoms with Gasteiger partial charge in [-0.05, 0) is 42.3 Å². The molecule has 1 aromatic heterocycles. The topological polar surface area (TPSA) is 116 Å². The van der Waals surface area contributed by atoms with E-state index < -0.39 is 29.5 Å². The second-order valence-corrected chi connectivity index (χ2v) is 8.77. The molecule has 192 valence electrons. The molecule has 37 heavy (non-hydrogen) atoms. The fourth-order valence-corrected chi connectivity index (χ4v) is 4.56. The van der Waals surface area contributed by atoms with E-state index in [1.165, 1.54) is 36.3 Å². The van der Waals surface area contributed by atoms with Crippen LogP contribution in [0.2, 0.25) is 5.02 Å². The van der Waals surface area contributed by atoms with Crippen LogP contribution in [0.15, 0.2) is 66.8 Å². The minimum absolute atomic E-state index is 0.162. The van der Waals surface area contributed by atoms with Gasteiger partial charge in [0.15, 0.2) is 0 Å². The summed E-state index contributed by atoms with van der Waals surface area (Å²) in [5.74, 6) is -2.30. The van der Waals surface area contributed by atoms with E-state index in [9.17, 15) is 19.5 Å². The summed E-state index contributed by atoms with van der Waals surface area (Å²) < 4.78 is 12.1. The molecule has 1 aliphatic heterocycles.